The van der Waals surface area contributed by atoms with Crippen LogP contribution in [0.2, 0.25) is 5.28 Å². The summed E-state index contributed by atoms with van der Waals surface area (Å²) >= 11 is 5.85. The molecule has 6 nitrogen and oxygen atoms in total. The third kappa shape index (κ3) is 4.72. The Morgan fingerprint density at radius 1 is 1.20 bits per heavy atom. The minimum atomic E-state index is -4.43. The zero-order valence-electron chi connectivity index (χ0n) is 12.7. The number of halogens is 4. The van der Waals surface area contributed by atoms with Gasteiger partial charge in [0.15, 0.2) is 0 Å². The molecule has 1 atom stereocenters. The van der Waals surface area contributed by atoms with Crippen LogP contribution >= 0.6 is 11.6 Å². The second-order valence-corrected chi connectivity index (χ2v) is 5.54. The van der Waals surface area contributed by atoms with E-state index in [9.17, 15) is 13.2 Å². The van der Waals surface area contributed by atoms with Crippen LogP contribution in [-0.2, 0) is 10.9 Å². The Balaban J connectivity index is 1.72. The van der Waals surface area contributed by atoms with Crippen molar-refractivity contribution in [2.45, 2.75) is 18.7 Å². The van der Waals surface area contributed by atoms with Gasteiger partial charge in [-0.2, -0.15) is 28.1 Å². The van der Waals surface area contributed by atoms with E-state index >= 15 is 0 Å². The summed E-state index contributed by atoms with van der Waals surface area (Å²) in [6.07, 6.45) is -0.186. The fourth-order valence-corrected chi connectivity index (χ4v) is 2.31. The van der Waals surface area contributed by atoms with Crippen molar-refractivity contribution in [1.29, 1.82) is 0 Å². The number of hydrogen-bond acceptors (Lipinski definition) is 6. The van der Waals surface area contributed by atoms with Crippen LogP contribution in [0.25, 0.3) is 0 Å². The summed E-state index contributed by atoms with van der Waals surface area (Å²) in [5.74, 6) is 0.234. The van der Waals surface area contributed by atoms with E-state index in [-0.39, 0.29) is 29.0 Å². The zero-order valence-corrected chi connectivity index (χ0v) is 13.5. The molecule has 0 spiro atoms. The molecule has 2 heterocycles. The van der Waals surface area contributed by atoms with Gasteiger partial charge in [0.05, 0.1) is 18.4 Å². The van der Waals surface area contributed by atoms with E-state index in [1.54, 1.807) is 6.26 Å². The van der Waals surface area contributed by atoms with Gasteiger partial charge in [0, 0.05) is 12.1 Å². The van der Waals surface area contributed by atoms with Crippen molar-refractivity contribution in [3.63, 3.8) is 0 Å². The number of anilines is 3. The Labute approximate surface area is 146 Å². The summed E-state index contributed by atoms with van der Waals surface area (Å²) in [6, 6.07) is 4.70. The molecular weight excluding hydrogens is 359 g/mol. The van der Waals surface area contributed by atoms with Gasteiger partial charge in [-0.15, -0.1) is 0 Å². The predicted molar refractivity (Wildman–Crippen MR) is 86.7 cm³/mol. The lowest BCUT2D eigenvalue weighted by Crippen LogP contribution is -2.20. The fourth-order valence-electron chi connectivity index (χ4n) is 2.15. The first-order valence-electron chi connectivity index (χ1n) is 7.30. The lowest BCUT2D eigenvalue weighted by atomic mass is 10.2. The maximum absolute atomic E-state index is 12.8. The molecule has 0 amide bonds. The van der Waals surface area contributed by atoms with Gasteiger partial charge in [-0.1, -0.05) is 6.07 Å². The molecule has 132 valence electrons. The fraction of sp³-hybridized carbons (Fsp3) is 0.267. The molecule has 0 saturated heterocycles. The first-order valence-corrected chi connectivity index (χ1v) is 7.68. The predicted octanol–water partition coefficient (Wildman–Crippen LogP) is 4.00. The molecule has 1 unspecified atom stereocenters. The first-order chi connectivity index (χ1) is 11.9. The van der Waals surface area contributed by atoms with Gasteiger partial charge in [-0.25, -0.2) is 0 Å². The smallest absolute Gasteiger partial charge is 0.416 e. The van der Waals surface area contributed by atoms with Crippen LogP contribution in [-0.4, -0.2) is 27.6 Å². The highest BCUT2D eigenvalue weighted by Crippen LogP contribution is 2.31. The van der Waals surface area contributed by atoms with Crippen LogP contribution in [0.15, 0.2) is 36.6 Å². The van der Waals surface area contributed by atoms with Gasteiger partial charge < -0.3 is 15.4 Å². The van der Waals surface area contributed by atoms with Gasteiger partial charge >= 0.3 is 6.18 Å². The summed E-state index contributed by atoms with van der Waals surface area (Å²) in [4.78, 5) is 11.9. The first kappa shape index (κ1) is 17.3. The third-order valence-electron chi connectivity index (χ3n) is 3.31. The average Bonchev–Trinajstić information content (AvgIpc) is 3.05. The third-order valence-corrected chi connectivity index (χ3v) is 3.48. The molecule has 0 radical (unpaired) electrons. The van der Waals surface area contributed by atoms with Crippen LogP contribution < -0.4 is 10.6 Å². The Kier molecular flexibility index (Phi) is 4.93. The van der Waals surface area contributed by atoms with Crippen molar-refractivity contribution in [2.75, 3.05) is 17.2 Å². The van der Waals surface area contributed by atoms with Crippen molar-refractivity contribution >= 4 is 29.2 Å². The van der Waals surface area contributed by atoms with Gasteiger partial charge in [-0.3, -0.25) is 0 Å². The molecule has 0 fully saturated rings. The van der Waals surface area contributed by atoms with E-state index in [4.69, 9.17) is 16.3 Å². The molecule has 1 aromatic carbocycles. The Bertz CT molecular complexity index is 776. The summed E-state index contributed by atoms with van der Waals surface area (Å²) in [5.41, 5.74) is -0.590. The Hall–Kier alpha value is -2.55. The lowest BCUT2D eigenvalue weighted by molar-refractivity contribution is -0.137. The summed E-state index contributed by atoms with van der Waals surface area (Å²) in [7, 11) is 0. The topological polar surface area (TPSA) is 72.0 Å². The average molecular weight is 372 g/mol. The highest BCUT2D eigenvalue weighted by Gasteiger charge is 2.30. The number of hydrogen-bond donors (Lipinski definition) is 2. The molecule has 2 aromatic rings. The van der Waals surface area contributed by atoms with Crippen LogP contribution in [0, 0.1) is 0 Å². The molecule has 10 heteroatoms. The van der Waals surface area contributed by atoms with E-state index < -0.39 is 11.7 Å². The monoisotopic (exact) mass is 371 g/mol. The van der Waals surface area contributed by atoms with Gasteiger partial charge in [0.2, 0.25) is 17.2 Å². The number of alkyl halides is 3. The molecule has 2 N–H and O–H groups in total. The molecule has 25 heavy (non-hydrogen) atoms. The molecule has 0 aliphatic carbocycles. The normalized spacial score (nSPS) is 16.6. The number of rotatable bonds is 5. The Morgan fingerprint density at radius 3 is 2.72 bits per heavy atom. The minimum absolute atomic E-state index is 0.0320. The second kappa shape index (κ2) is 7.14. The van der Waals surface area contributed by atoms with Crippen molar-refractivity contribution in [1.82, 2.24) is 15.0 Å². The number of ether oxygens (including phenoxy) is 1. The number of nitrogens with one attached hydrogen (secondary N) is 2. The molecule has 1 aliphatic heterocycles. The number of nitrogens with zero attached hydrogens (tertiary/aromatic N) is 3. The summed E-state index contributed by atoms with van der Waals surface area (Å²) in [6.45, 7) is 0.455. The van der Waals surface area contributed by atoms with Crippen LogP contribution in [0.3, 0.4) is 0 Å². The van der Waals surface area contributed by atoms with E-state index in [1.807, 2.05) is 6.08 Å². The molecule has 1 aromatic heterocycles. The largest absolute Gasteiger partial charge is 0.496 e. The lowest BCUT2D eigenvalue weighted by Gasteiger charge is -2.13. The molecule has 3 rings (SSSR count). The summed E-state index contributed by atoms with van der Waals surface area (Å²) in [5, 5.41) is 5.57. The SMILES string of the molecule is FC(F)(F)c1cccc(Nc2nc(Cl)nc(NCC3CC=CO3)n2)c1. The van der Waals surface area contributed by atoms with Crippen molar-refractivity contribution < 1.29 is 17.9 Å². The van der Waals surface area contributed by atoms with Crippen LogP contribution in [0.5, 0.6) is 0 Å². The van der Waals surface area contributed by atoms with Crippen LogP contribution in [0.1, 0.15) is 12.0 Å². The van der Waals surface area contributed by atoms with E-state index in [0.717, 1.165) is 18.6 Å². The second-order valence-electron chi connectivity index (χ2n) is 5.20. The maximum atomic E-state index is 12.8. The van der Waals surface area contributed by atoms with Crippen molar-refractivity contribution in [3.05, 3.63) is 47.5 Å². The van der Waals surface area contributed by atoms with E-state index in [1.165, 1.54) is 12.1 Å². The number of aromatic nitrogens is 3. The highest BCUT2D eigenvalue weighted by atomic mass is 35.5. The van der Waals surface area contributed by atoms with E-state index in [2.05, 4.69) is 25.6 Å². The molecule has 0 bridgehead atoms. The van der Waals surface area contributed by atoms with Crippen molar-refractivity contribution in [2.24, 2.45) is 0 Å². The quantitative estimate of drug-likeness (QED) is 0.827. The maximum Gasteiger partial charge on any atom is 0.416 e. The molecule has 1 aliphatic rings. The standard InChI is InChI=1S/C15H13ClF3N5O/c16-12-22-13(20-8-11-5-2-6-25-11)24-14(23-12)21-10-4-1-3-9(7-10)15(17,18)19/h1-4,6-7,11H,5,8H2,(H2,20,21,22,23,24). The van der Waals surface area contributed by atoms with Gasteiger partial charge in [0.1, 0.15) is 6.10 Å². The van der Waals surface area contributed by atoms with Crippen LogP contribution in [0.4, 0.5) is 30.8 Å². The Morgan fingerprint density at radius 2 is 2.00 bits per heavy atom. The van der Waals surface area contributed by atoms with Gasteiger partial charge in [-0.05, 0) is 35.9 Å². The number of benzene rings is 1. The molecular formula is C15H13ClF3N5O. The van der Waals surface area contributed by atoms with Crippen molar-refractivity contribution in [3.8, 4) is 0 Å². The highest BCUT2D eigenvalue weighted by molar-refractivity contribution is 6.28. The zero-order chi connectivity index (χ0) is 17.9. The van der Waals surface area contributed by atoms with Gasteiger partial charge in [0.25, 0.3) is 0 Å². The van der Waals surface area contributed by atoms with E-state index in [0.29, 0.717) is 6.54 Å². The minimum Gasteiger partial charge on any atom is -0.496 e. The summed E-state index contributed by atoms with van der Waals surface area (Å²) < 4.78 is 43.6. The molecule has 0 saturated carbocycles.